The predicted octanol–water partition coefficient (Wildman–Crippen LogP) is 4.57. The summed E-state index contributed by atoms with van der Waals surface area (Å²) >= 11 is 18.7. The van der Waals surface area contributed by atoms with E-state index in [0.29, 0.717) is 31.8 Å². The minimum Gasteiger partial charge on any atom is -0.369 e. The summed E-state index contributed by atoms with van der Waals surface area (Å²) in [5.41, 5.74) is 7.94. The van der Waals surface area contributed by atoms with Gasteiger partial charge in [0.05, 0.1) is 31.8 Å². The van der Waals surface area contributed by atoms with Crippen LogP contribution in [0.15, 0.2) is 36.4 Å². The smallest absolute Gasteiger partial charge is 0.206 e. The van der Waals surface area contributed by atoms with Crippen molar-refractivity contribution in [1.29, 1.82) is 0 Å². The number of aromatic nitrogens is 2. The van der Waals surface area contributed by atoms with Gasteiger partial charge < -0.3 is 5.73 Å². The third-order valence-corrected chi connectivity index (χ3v) is 3.73. The number of hydrogen-bond donors (Lipinski definition) is 1. The molecule has 0 saturated heterocycles. The molecule has 96 valence electrons. The van der Waals surface area contributed by atoms with Crippen LogP contribution in [0.1, 0.15) is 0 Å². The van der Waals surface area contributed by atoms with Crippen LogP contribution in [0.4, 0.5) is 5.95 Å². The summed E-state index contributed by atoms with van der Waals surface area (Å²) in [6, 6.07) is 10.7. The Morgan fingerprint density at radius 3 is 2.16 bits per heavy atom. The van der Waals surface area contributed by atoms with Crippen LogP contribution in [0, 0.1) is 0 Å². The van der Waals surface area contributed by atoms with Gasteiger partial charge in [0.1, 0.15) is 0 Å². The van der Waals surface area contributed by atoms with Gasteiger partial charge in [0.15, 0.2) is 0 Å². The highest BCUT2D eigenvalue weighted by Gasteiger charge is 2.17. The minimum absolute atomic E-state index is 0.290. The molecule has 6 heteroatoms. The zero-order valence-electron chi connectivity index (χ0n) is 9.57. The first-order valence-electron chi connectivity index (χ1n) is 5.46. The average Bonchev–Trinajstić information content (AvgIpc) is 2.67. The van der Waals surface area contributed by atoms with Crippen molar-refractivity contribution in [3.63, 3.8) is 0 Å². The van der Waals surface area contributed by atoms with E-state index in [1.54, 1.807) is 28.8 Å². The molecule has 0 unspecified atom stereocenters. The molecule has 0 aliphatic rings. The van der Waals surface area contributed by atoms with Crippen molar-refractivity contribution in [2.75, 3.05) is 5.73 Å². The first-order chi connectivity index (χ1) is 9.09. The Balaban J connectivity index is 2.46. The maximum atomic E-state index is 6.23. The van der Waals surface area contributed by atoms with Crippen LogP contribution in [0.25, 0.3) is 16.7 Å². The van der Waals surface area contributed by atoms with E-state index in [1.807, 2.05) is 12.1 Å². The molecule has 2 aromatic carbocycles. The fourth-order valence-electron chi connectivity index (χ4n) is 2.03. The summed E-state index contributed by atoms with van der Waals surface area (Å²) in [5, 5.41) is 1.51. The number of hydrogen-bond acceptors (Lipinski definition) is 2. The highest BCUT2D eigenvalue weighted by Crippen LogP contribution is 2.35. The molecular weight excluding hydrogens is 305 g/mol. The number of imidazole rings is 1. The predicted molar refractivity (Wildman–Crippen MR) is 80.5 cm³/mol. The van der Waals surface area contributed by atoms with Crippen LogP contribution in [-0.4, -0.2) is 9.55 Å². The third kappa shape index (κ3) is 1.94. The van der Waals surface area contributed by atoms with Gasteiger partial charge in [-0.2, -0.15) is 0 Å². The van der Waals surface area contributed by atoms with Crippen molar-refractivity contribution < 1.29 is 0 Å². The van der Waals surface area contributed by atoms with Crippen LogP contribution >= 0.6 is 34.8 Å². The Labute approximate surface area is 124 Å². The van der Waals surface area contributed by atoms with E-state index in [4.69, 9.17) is 40.5 Å². The van der Waals surface area contributed by atoms with E-state index in [0.717, 1.165) is 0 Å². The maximum Gasteiger partial charge on any atom is 0.206 e. The minimum atomic E-state index is 0.290. The molecule has 0 saturated carbocycles. The number of anilines is 1. The maximum absolute atomic E-state index is 6.23. The van der Waals surface area contributed by atoms with Gasteiger partial charge in [0.2, 0.25) is 5.95 Å². The first-order valence-corrected chi connectivity index (χ1v) is 6.60. The molecule has 0 atom stereocenters. The summed E-state index contributed by atoms with van der Waals surface area (Å²) in [5.74, 6) is 0.290. The molecule has 19 heavy (non-hydrogen) atoms. The van der Waals surface area contributed by atoms with E-state index in [1.165, 1.54) is 0 Å². The lowest BCUT2D eigenvalue weighted by atomic mass is 10.2. The van der Waals surface area contributed by atoms with Gasteiger partial charge >= 0.3 is 0 Å². The molecule has 1 heterocycles. The Bertz CT molecular complexity index is 760. The van der Waals surface area contributed by atoms with Gasteiger partial charge in [-0.25, -0.2) is 4.98 Å². The number of halogens is 3. The molecule has 0 aliphatic carbocycles. The van der Waals surface area contributed by atoms with Crippen molar-refractivity contribution in [2.45, 2.75) is 0 Å². The third-order valence-electron chi connectivity index (χ3n) is 2.81. The van der Waals surface area contributed by atoms with Gasteiger partial charge in [-0.15, -0.1) is 0 Å². The average molecular weight is 313 g/mol. The number of para-hydroxylation sites is 2. The molecule has 3 rings (SSSR count). The van der Waals surface area contributed by atoms with Crippen LogP contribution in [0.2, 0.25) is 15.1 Å². The van der Waals surface area contributed by atoms with Gasteiger partial charge in [0, 0.05) is 0 Å². The van der Waals surface area contributed by atoms with E-state index in [9.17, 15) is 0 Å². The highest BCUT2D eigenvalue weighted by molar-refractivity contribution is 6.38. The molecule has 0 aliphatic heterocycles. The van der Waals surface area contributed by atoms with Crippen molar-refractivity contribution in [3.05, 3.63) is 51.5 Å². The monoisotopic (exact) mass is 311 g/mol. The summed E-state index contributed by atoms with van der Waals surface area (Å²) in [4.78, 5) is 4.27. The zero-order chi connectivity index (χ0) is 13.6. The van der Waals surface area contributed by atoms with Crippen LogP contribution in [0.3, 0.4) is 0 Å². The zero-order valence-corrected chi connectivity index (χ0v) is 11.8. The normalized spacial score (nSPS) is 11.1. The van der Waals surface area contributed by atoms with Crippen molar-refractivity contribution >= 4 is 51.8 Å². The number of nitrogens with two attached hydrogens (primary N) is 1. The lowest BCUT2D eigenvalue weighted by molar-refractivity contribution is 1.11. The largest absolute Gasteiger partial charge is 0.369 e. The van der Waals surface area contributed by atoms with E-state index in [2.05, 4.69) is 4.98 Å². The fourth-order valence-corrected chi connectivity index (χ4v) is 2.85. The van der Waals surface area contributed by atoms with E-state index >= 15 is 0 Å². The molecule has 0 bridgehead atoms. The second kappa shape index (κ2) is 4.60. The topological polar surface area (TPSA) is 43.8 Å². The second-order valence-corrected chi connectivity index (χ2v) is 5.20. The van der Waals surface area contributed by atoms with Crippen molar-refractivity contribution in [3.8, 4) is 5.69 Å². The molecule has 3 aromatic rings. The first kappa shape index (κ1) is 12.6. The summed E-state index contributed by atoms with van der Waals surface area (Å²) in [7, 11) is 0. The van der Waals surface area contributed by atoms with E-state index < -0.39 is 0 Å². The SMILES string of the molecule is Nc1nc2cccc(Cl)c2n1-c1c(Cl)cccc1Cl. The van der Waals surface area contributed by atoms with Crippen LogP contribution in [-0.2, 0) is 0 Å². The molecule has 0 fully saturated rings. The van der Waals surface area contributed by atoms with Crippen molar-refractivity contribution in [2.24, 2.45) is 0 Å². The van der Waals surface area contributed by atoms with Gasteiger partial charge in [-0.1, -0.05) is 46.9 Å². The molecule has 0 spiro atoms. The quantitative estimate of drug-likeness (QED) is 0.715. The molecule has 0 amide bonds. The van der Waals surface area contributed by atoms with Gasteiger partial charge in [-0.3, -0.25) is 4.57 Å². The summed E-state index contributed by atoms with van der Waals surface area (Å²) in [6.07, 6.45) is 0. The number of nitrogen functional groups attached to an aromatic ring is 1. The van der Waals surface area contributed by atoms with Gasteiger partial charge in [0.25, 0.3) is 0 Å². The molecular formula is C13H8Cl3N3. The second-order valence-electron chi connectivity index (χ2n) is 3.98. The Hall–Kier alpha value is -1.42. The standard InChI is InChI=1S/C13H8Cl3N3/c14-7-3-1-4-8(15)11(7)19-12-9(16)5-2-6-10(12)18-13(19)17/h1-6H,(H2,17,18). The molecule has 2 N–H and O–H groups in total. The van der Waals surface area contributed by atoms with Crippen molar-refractivity contribution in [1.82, 2.24) is 9.55 Å². The number of nitrogens with zero attached hydrogens (tertiary/aromatic N) is 2. The Kier molecular flexibility index (Phi) is 3.05. The Morgan fingerprint density at radius 2 is 1.47 bits per heavy atom. The fraction of sp³-hybridized carbons (Fsp3) is 0. The Morgan fingerprint density at radius 1 is 0.895 bits per heavy atom. The number of benzene rings is 2. The molecule has 1 aromatic heterocycles. The lowest BCUT2D eigenvalue weighted by Gasteiger charge is -2.11. The lowest BCUT2D eigenvalue weighted by Crippen LogP contribution is -2.02. The summed E-state index contributed by atoms with van der Waals surface area (Å²) in [6.45, 7) is 0. The van der Waals surface area contributed by atoms with Crippen LogP contribution in [0.5, 0.6) is 0 Å². The molecule has 0 radical (unpaired) electrons. The molecule has 3 nitrogen and oxygen atoms in total. The van der Waals surface area contributed by atoms with Gasteiger partial charge in [-0.05, 0) is 24.3 Å². The summed E-state index contributed by atoms with van der Waals surface area (Å²) < 4.78 is 1.67. The number of rotatable bonds is 1. The van der Waals surface area contributed by atoms with E-state index in [-0.39, 0.29) is 5.95 Å². The highest BCUT2D eigenvalue weighted by atomic mass is 35.5. The number of fused-ring (bicyclic) bond motifs is 1. The van der Waals surface area contributed by atoms with Crippen LogP contribution < -0.4 is 5.73 Å².